The van der Waals surface area contributed by atoms with Gasteiger partial charge in [0, 0.05) is 70.1 Å². The molecule has 1 aromatic carbocycles. The average Bonchev–Trinajstić information content (AvgIpc) is 3.00. The van der Waals surface area contributed by atoms with Crippen LogP contribution in [0.1, 0.15) is 19.3 Å². The first-order valence-electron chi connectivity index (χ1n) is 13.5. The highest BCUT2D eigenvalue weighted by molar-refractivity contribution is 5.93. The number of anilines is 3. The molecular weight excluding hydrogens is 498 g/mol. The summed E-state index contributed by atoms with van der Waals surface area (Å²) in [6, 6.07) is 10.0. The monoisotopic (exact) mass is 535 g/mol. The fourth-order valence-electron chi connectivity index (χ4n) is 5.19. The predicted molar refractivity (Wildman–Crippen MR) is 151 cm³/mol. The van der Waals surface area contributed by atoms with E-state index in [9.17, 15) is 4.79 Å². The van der Waals surface area contributed by atoms with Crippen LogP contribution in [-0.4, -0.2) is 99.0 Å². The molecule has 2 aliphatic heterocycles. The summed E-state index contributed by atoms with van der Waals surface area (Å²) in [5, 5.41) is 4.55. The molecule has 0 saturated carbocycles. The minimum absolute atomic E-state index is 0.145. The SMILES string of the molecule is COCCC(=O)N1CCC(Nc2nc(N3CCN(c4ccccn4)CC3)nc3cc(OC)c(OC)cc23)CC1. The van der Waals surface area contributed by atoms with Gasteiger partial charge in [-0.2, -0.15) is 4.98 Å². The third kappa shape index (κ3) is 6.08. The first-order chi connectivity index (χ1) is 19.1. The molecule has 39 heavy (non-hydrogen) atoms. The number of piperidine rings is 1. The summed E-state index contributed by atoms with van der Waals surface area (Å²) < 4.78 is 16.2. The Bertz CT molecular complexity index is 1260. The number of aromatic nitrogens is 3. The number of carbonyl (C=O) groups is 1. The number of nitrogens with one attached hydrogen (secondary N) is 1. The van der Waals surface area contributed by atoms with E-state index in [1.54, 1.807) is 21.3 Å². The predicted octanol–water partition coefficient (Wildman–Crippen LogP) is 2.81. The first kappa shape index (κ1) is 26.7. The van der Waals surface area contributed by atoms with Crippen molar-refractivity contribution < 1.29 is 19.0 Å². The molecule has 0 bridgehead atoms. The Morgan fingerprint density at radius 3 is 2.33 bits per heavy atom. The van der Waals surface area contributed by atoms with Crippen molar-refractivity contribution in [2.75, 3.05) is 82.3 Å². The Kier molecular flexibility index (Phi) is 8.45. The molecule has 4 heterocycles. The number of nitrogens with zero attached hydrogens (tertiary/aromatic N) is 6. The van der Waals surface area contributed by atoms with E-state index < -0.39 is 0 Å². The van der Waals surface area contributed by atoms with E-state index in [0.29, 0.717) is 43.6 Å². The summed E-state index contributed by atoms with van der Waals surface area (Å²) in [6.45, 7) is 5.12. The Balaban J connectivity index is 1.36. The number of rotatable bonds is 9. The summed E-state index contributed by atoms with van der Waals surface area (Å²) in [6.07, 6.45) is 3.93. The highest BCUT2D eigenvalue weighted by atomic mass is 16.5. The van der Waals surface area contributed by atoms with Crippen LogP contribution in [0.15, 0.2) is 36.5 Å². The molecule has 11 heteroatoms. The number of carbonyl (C=O) groups excluding carboxylic acids is 1. The van der Waals surface area contributed by atoms with Crippen LogP contribution >= 0.6 is 0 Å². The van der Waals surface area contributed by atoms with Crippen LogP contribution in [0.5, 0.6) is 11.5 Å². The molecule has 0 unspecified atom stereocenters. The van der Waals surface area contributed by atoms with E-state index in [2.05, 4.69) is 20.1 Å². The van der Waals surface area contributed by atoms with E-state index in [0.717, 1.165) is 61.6 Å². The Hall–Kier alpha value is -3.86. The quantitative estimate of drug-likeness (QED) is 0.440. The Morgan fingerprint density at radius 2 is 1.67 bits per heavy atom. The number of amides is 1. The number of likely N-dealkylation sites (tertiary alicyclic amines) is 1. The van der Waals surface area contributed by atoms with E-state index in [1.807, 2.05) is 41.4 Å². The van der Waals surface area contributed by atoms with Crippen LogP contribution in [0.4, 0.5) is 17.6 Å². The van der Waals surface area contributed by atoms with Crippen molar-refractivity contribution in [3.8, 4) is 11.5 Å². The second-order valence-corrected chi connectivity index (χ2v) is 9.80. The normalized spacial score (nSPS) is 16.4. The zero-order chi connectivity index (χ0) is 27.2. The summed E-state index contributed by atoms with van der Waals surface area (Å²) in [7, 11) is 4.88. The van der Waals surface area contributed by atoms with Gasteiger partial charge < -0.3 is 34.2 Å². The van der Waals surface area contributed by atoms with Crippen molar-refractivity contribution in [1.82, 2.24) is 19.9 Å². The van der Waals surface area contributed by atoms with Crippen LogP contribution in [0, 0.1) is 0 Å². The molecule has 1 amide bonds. The minimum atomic E-state index is 0.145. The number of methoxy groups -OCH3 is 3. The number of benzene rings is 1. The van der Waals surface area contributed by atoms with Gasteiger partial charge in [0.2, 0.25) is 11.9 Å². The van der Waals surface area contributed by atoms with Gasteiger partial charge in [0.25, 0.3) is 0 Å². The number of piperazine rings is 1. The number of pyridine rings is 1. The molecule has 11 nitrogen and oxygen atoms in total. The van der Waals surface area contributed by atoms with E-state index in [1.165, 1.54) is 0 Å². The molecule has 208 valence electrons. The molecule has 1 N–H and O–H groups in total. The van der Waals surface area contributed by atoms with Crippen molar-refractivity contribution in [3.63, 3.8) is 0 Å². The third-order valence-corrected chi connectivity index (χ3v) is 7.43. The van der Waals surface area contributed by atoms with Crippen LogP contribution in [-0.2, 0) is 9.53 Å². The topological polar surface area (TPSA) is 105 Å². The summed E-state index contributed by atoms with van der Waals surface area (Å²) >= 11 is 0. The van der Waals surface area contributed by atoms with Crippen molar-refractivity contribution in [3.05, 3.63) is 36.5 Å². The Morgan fingerprint density at radius 1 is 0.949 bits per heavy atom. The van der Waals surface area contributed by atoms with E-state index in [4.69, 9.17) is 24.2 Å². The smallest absolute Gasteiger partial charge is 0.228 e. The lowest BCUT2D eigenvalue weighted by atomic mass is 10.0. The van der Waals surface area contributed by atoms with Gasteiger partial charge in [0.15, 0.2) is 11.5 Å². The maximum atomic E-state index is 12.4. The highest BCUT2D eigenvalue weighted by Crippen LogP contribution is 2.36. The maximum absolute atomic E-state index is 12.4. The van der Waals surface area contributed by atoms with Crippen LogP contribution in [0.25, 0.3) is 10.9 Å². The van der Waals surface area contributed by atoms with Crippen LogP contribution < -0.4 is 24.6 Å². The highest BCUT2D eigenvalue weighted by Gasteiger charge is 2.26. The van der Waals surface area contributed by atoms with Crippen molar-refractivity contribution in [2.45, 2.75) is 25.3 Å². The van der Waals surface area contributed by atoms with Gasteiger partial charge in [-0.25, -0.2) is 9.97 Å². The second kappa shape index (κ2) is 12.3. The van der Waals surface area contributed by atoms with Gasteiger partial charge in [-0.15, -0.1) is 0 Å². The van der Waals surface area contributed by atoms with Gasteiger partial charge in [0.05, 0.1) is 32.8 Å². The standard InChI is InChI=1S/C28H37N7O4/c1-37-17-9-26(36)34-11-7-20(8-12-34)30-27-21-18-23(38-2)24(39-3)19-22(21)31-28(32-27)35-15-13-33(14-16-35)25-6-4-5-10-29-25/h4-6,10,18-20H,7-9,11-17H2,1-3H3,(H,30,31,32). The van der Waals surface area contributed by atoms with E-state index >= 15 is 0 Å². The first-order valence-corrected chi connectivity index (χ1v) is 13.5. The molecule has 0 atom stereocenters. The molecule has 2 fully saturated rings. The van der Waals surface area contributed by atoms with Crippen molar-refractivity contribution in [1.29, 1.82) is 0 Å². The van der Waals surface area contributed by atoms with Crippen molar-refractivity contribution in [2.24, 2.45) is 0 Å². The molecule has 2 aromatic heterocycles. The van der Waals surface area contributed by atoms with Gasteiger partial charge in [-0.05, 0) is 31.0 Å². The van der Waals surface area contributed by atoms with Gasteiger partial charge in [-0.3, -0.25) is 4.79 Å². The molecule has 2 aliphatic rings. The maximum Gasteiger partial charge on any atom is 0.228 e. The van der Waals surface area contributed by atoms with Gasteiger partial charge >= 0.3 is 0 Å². The molecular formula is C28H37N7O4. The summed E-state index contributed by atoms with van der Waals surface area (Å²) in [5.41, 5.74) is 0.791. The molecule has 0 spiro atoms. The average molecular weight is 536 g/mol. The zero-order valence-electron chi connectivity index (χ0n) is 22.9. The third-order valence-electron chi connectivity index (χ3n) is 7.43. The van der Waals surface area contributed by atoms with Crippen LogP contribution in [0.3, 0.4) is 0 Å². The molecule has 5 rings (SSSR count). The second-order valence-electron chi connectivity index (χ2n) is 9.80. The summed E-state index contributed by atoms with van der Waals surface area (Å²) in [5.74, 6) is 3.85. The fourth-order valence-corrected chi connectivity index (χ4v) is 5.19. The lowest BCUT2D eigenvalue weighted by Gasteiger charge is -2.36. The van der Waals surface area contributed by atoms with Gasteiger partial charge in [0.1, 0.15) is 11.6 Å². The Labute approximate surface area is 229 Å². The van der Waals surface area contributed by atoms with Gasteiger partial charge in [-0.1, -0.05) is 6.07 Å². The molecule has 2 saturated heterocycles. The molecule has 3 aromatic rings. The summed E-state index contributed by atoms with van der Waals surface area (Å²) in [4.78, 5) is 33.3. The minimum Gasteiger partial charge on any atom is -0.493 e. The lowest BCUT2D eigenvalue weighted by molar-refractivity contribution is -0.133. The molecule has 0 radical (unpaired) electrons. The van der Waals surface area contributed by atoms with Crippen LogP contribution in [0.2, 0.25) is 0 Å². The number of ether oxygens (including phenoxy) is 3. The fraction of sp³-hybridized carbons (Fsp3) is 0.500. The zero-order valence-corrected chi connectivity index (χ0v) is 22.9. The lowest BCUT2D eigenvalue weighted by Crippen LogP contribution is -2.47. The largest absolute Gasteiger partial charge is 0.493 e. The van der Waals surface area contributed by atoms with E-state index in [-0.39, 0.29) is 11.9 Å². The number of hydrogen-bond donors (Lipinski definition) is 1. The number of fused-ring (bicyclic) bond motifs is 1. The number of hydrogen-bond acceptors (Lipinski definition) is 10. The van der Waals surface area contributed by atoms with Crippen molar-refractivity contribution >= 4 is 34.4 Å². The molecule has 0 aliphatic carbocycles.